The second kappa shape index (κ2) is 13.7. The summed E-state index contributed by atoms with van der Waals surface area (Å²) in [6, 6.07) is 0. The van der Waals surface area contributed by atoms with E-state index in [1.807, 2.05) is 0 Å². The molecule has 0 bridgehead atoms. The Labute approximate surface area is 200 Å². The van der Waals surface area contributed by atoms with Crippen molar-refractivity contribution in [2.24, 2.45) is 17.8 Å². The zero-order valence-corrected chi connectivity index (χ0v) is 21.1. The Morgan fingerprint density at radius 1 is 0.818 bits per heavy atom. The number of ether oxygens (including phenoxy) is 4. The molecule has 0 radical (unpaired) electrons. The predicted octanol–water partition coefficient (Wildman–Crippen LogP) is 5.95. The molecule has 1 aliphatic heterocycles. The molecular formula is C27H46O6. The van der Waals surface area contributed by atoms with Crippen molar-refractivity contribution >= 4 is 11.9 Å². The van der Waals surface area contributed by atoms with E-state index in [0.717, 1.165) is 30.6 Å². The lowest BCUT2D eigenvalue weighted by molar-refractivity contribution is -0.254. The van der Waals surface area contributed by atoms with Crippen LogP contribution in [-0.2, 0) is 28.5 Å². The summed E-state index contributed by atoms with van der Waals surface area (Å²) in [5.74, 6) is 2.04. The second-order valence-electron chi connectivity index (χ2n) is 10.6. The van der Waals surface area contributed by atoms with Crippen LogP contribution in [0.5, 0.6) is 0 Å². The molecule has 0 N–H and O–H groups in total. The van der Waals surface area contributed by atoms with Gasteiger partial charge in [0.15, 0.2) is 6.29 Å². The van der Waals surface area contributed by atoms with E-state index in [9.17, 15) is 9.59 Å². The fourth-order valence-electron chi connectivity index (χ4n) is 6.17. The largest absolute Gasteiger partial charge is 0.463 e. The summed E-state index contributed by atoms with van der Waals surface area (Å²) >= 11 is 0. The second-order valence-corrected chi connectivity index (χ2v) is 10.6. The van der Waals surface area contributed by atoms with Gasteiger partial charge in [0.05, 0.1) is 6.10 Å². The fourth-order valence-corrected chi connectivity index (χ4v) is 6.17. The summed E-state index contributed by atoms with van der Waals surface area (Å²) in [4.78, 5) is 22.7. The lowest BCUT2D eigenvalue weighted by Gasteiger charge is -2.40. The van der Waals surface area contributed by atoms with Gasteiger partial charge in [-0.3, -0.25) is 9.59 Å². The minimum absolute atomic E-state index is 0.0843. The monoisotopic (exact) mass is 466 g/mol. The van der Waals surface area contributed by atoms with Crippen LogP contribution >= 0.6 is 0 Å². The molecule has 0 aromatic heterocycles. The van der Waals surface area contributed by atoms with Gasteiger partial charge in [-0.15, -0.1) is 0 Å². The molecule has 6 nitrogen and oxygen atoms in total. The van der Waals surface area contributed by atoms with Crippen LogP contribution in [0.4, 0.5) is 0 Å². The van der Waals surface area contributed by atoms with E-state index in [2.05, 4.69) is 6.92 Å². The third kappa shape index (κ3) is 8.86. The predicted molar refractivity (Wildman–Crippen MR) is 127 cm³/mol. The van der Waals surface area contributed by atoms with Gasteiger partial charge in [0.25, 0.3) is 0 Å². The van der Waals surface area contributed by atoms with Gasteiger partial charge in [-0.05, 0) is 62.7 Å². The molecular weight excluding hydrogens is 420 g/mol. The molecule has 6 heteroatoms. The van der Waals surface area contributed by atoms with E-state index >= 15 is 0 Å². The standard InChI is InChI=1S/C27H46O6/c1-4-5-6-7-21-8-10-22(11-9-21)23-12-14-24(15-13-23)32-27-17-16-25(31-20(3)29)26(33-27)18-30-19(2)28/h21-27H,4-18H2,1-3H3. The Hall–Kier alpha value is -1.14. The number of hydrogen-bond acceptors (Lipinski definition) is 6. The highest BCUT2D eigenvalue weighted by Gasteiger charge is 2.37. The molecule has 190 valence electrons. The van der Waals surface area contributed by atoms with Crippen LogP contribution in [0.3, 0.4) is 0 Å². The SMILES string of the molecule is CCCCCC1CCC(C2CCC(OC3CCC(OC(C)=O)C(COC(C)=O)O3)CC2)CC1. The van der Waals surface area contributed by atoms with E-state index in [-0.39, 0.29) is 30.9 Å². The molecule has 3 rings (SSSR count). The zero-order valence-electron chi connectivity index (χ0n) is 21.1. The minimum atomic E-state index is -0.472. The molecule has 3 unspecified atom stereocenters. The molecule has 0 aromatic carbocycles. The van der Waals surface area contributed by atoms with Crippen molar-refractivity contribution in [3.8, 4) is 0 Å². The van der Waals surface area contributed by atoms with E-state index in [1.54, 1.807) is 0 Å². The van der Waals surface area contributed by atoms with Gasteiger partial charge < -0.3 is 18.9 Å². The molecule has 3 atom stereocenters. The van der Waals surface area contributed by atoms with Crippen LogP contribution < -0.4 is 0 Å². The van der Waals surface area contributed by atoms with Crippen molar-refractivity contribution in [2.45, 2.75) is 135 Å². The van der Waals surface area contributed by atoms with Gasteiger partial charge in [0, 0.05) is 20.3 Å². The van der Waals surface area contributed by atoms with Crippen molar-refractivity contribution < 1.29 is 28.5 Å². The molecule has 0 spiro atoms. The molecule has 3 aliphatic rings. The molecule has 33 heavy (non-hydrogen) atoms. The molecule has 2 aliphatic carbocycles. The molecule has 0 aromatic rings. The zero-order chi connectivity index (χ0) is 23.6. The van der Waals surface area contributed by atoms with Gasteiger partial charge in [-0.1, -0.05) is 45.4 Å². The van der Waals surface area contributed by atoms with Crippen LogP contribution in [-0.4, -0.2) is 43.1 Å². The fraction of sp³-hybridized carbons (Fsp3) is 0.926. The average Bonchev–Trinajstić information content (AvgIpc) is 2.80. The number of hydrogen-bond donors (Lipinski definition) is 0. The van der Waals surface area contributed by atoms with E-state index in [4.69, 9.17) is 18.9 Å². The third-order valence-electron chi connectivity index (χ3n) is 8.03. The van der Waals surface area contributed by atoms with Crippen molar-refractivity contribution in [1.82, 2.24) is 0 Å². The van der Waals surface area contributed by atoms with Gasteiger partial charge in [-0.2, -0.15) is 0 Å². The minimum Gasteiger partial charge on any atom is -0.463 e. The molecule has 0 amide bonds. The topological polar surface area (TPSA) is 71.1 Å². The molecule has 1 saturated heterocycles. The summed E-state index contributed by atoms with van der Waals surface area (Å²) in [5, 5.41) is 0. The van der Waals surface area contributed by atoms with Crippen molar-refractivity contribution in [3.05, 3.63) is 0 Å². The average molecular weight is 467 g/mol. The number of carbonyl (C=O) groups excluding carboxylic acids is 2. The number of esters is 2. The van der Waals surface area contributed by atoms with Crippen molar-refractivity contribution in [1.29, 1.82) is 0 Å². The Morgan fingerprint density at radius 2 is 1.48 bits per heavy atom. The van der Waals surface area contributed by atoms with E-state index < -0.39 is 12.2 Å². The summed E-state index contributed by atoms with van der Waals surface area (Å²) in [5.41, 5.74) is 0. The highest BCUT2D eigenvalue weighted by molar-refractivity contribution is 5.66. The van der Waals surface area contributed by atoms with Crippen LogP contribution in [0.15, 0.2) is 0 Å². The molecule has 3 fully saturated rings. The first-order valence-electron chi connectivity index (χ1n) is 13.6. The maximum atomic E-state index is 11.4. The van der Waals surface area contributed by atoms with E-state index in [0.29, 0.717) is 12.8 Å². The van der Waals surface area contributed by atoms with Crippen LogP contribution in [0.25, 0.3) is 0 Å². The maximum absolute atomic E-state index is 11.4. The Balaban J connectivity index is 1.38. The highest BCUT2D eigenvalue weighted by atomic mass is 16.7. The molecule has 2 saturated carbocycles. The summed E-state index contributed by atoms with van der Waals surface area (Å²) in [6.07, 6.45) is 16.4. The van der Waals surface area contributed by atoms with Crippen molar-refractivity contribution in [2.75, 3.05) is 6.61 Å². The molecule has 1 heterocycles. The lowest BCUT2D eigenvalue weighted by atomic mass is 9.70. The van der Waals surface area contributed by atoms with Gasteiger partial charge in [0.1, 0.15) is 18.8 Å². The first-order valence-corrected chi connectivity index (χ1v) is 13.6. The Bertz CT molecular complexity index is 591. The van der Waals surface area contributed by atoms with Crippen LogP contribution in [0.1, 0.15) is 111 Å². The summed E-state index contributed by atoms with van der Waals surface area (Å²) in [6.45, 7) is 5.14. The normalized spacial score (nSPS) is 35.1. The quantitative estimate of drug-likeness (QED) is 0.293. The smallest absolute Gasteiger partial charge is 0.302 e. The van der Waals surface area contributed by atoms with E-state index in [1.165, 1.54) is 78.1 Å². The Morgan fingerprint density at radius 3 is 2.09 bits per heavy atom. The summed E-state index contributed by atoms with van der Waals surface area (Å²) < 4.78 is 22.9. The highest BCUT2D eigenvalue weighted by Crippen LogP contribution is 2.42. The van der Waals surface area contributed by atoms with Gasteiger partial charge >= 0.3 is 11.9 Å². The first kappa shape index (κ1) is 26.5. The Kier molecular flexibility index (Phi) is 11.0. The number of unbranched alkanes of at least 4 members (excludes halogenated alkanes) is 2. The van der Waals surface area contributed by atoms with Crippen LogP contribution in [0, 0.1) is 17.8 Å². The number of carbonyl (C=O) groups is 2. The van der Waals surface area contributed by atoms with Crippen LogP contribution in [0.2, 0.25) is 0 Å². The van der Waals surface area contributed by atoms with Crippen molar-refractivity contribution in [3.63, 3.8) is 0 Å². The lowest BCUT2D eigenvalue weighted by Crippen LogP contribution is -2.46. The third-order valence-corrected chi connectivity index (χ3v) is 8.03. The number of rotatable bonds is 10. The maximum Gasteiger partial charge on any atom is 0.302 e. The first-order chi connectivity index (χ1) is 15.9. The van der Waals surface area contributed by atoms with Gasteiger partial charge in [-0.25, -0.2) is 0 Å². The van der Waals surface area contributed by atoms with Gasteiger partial charge in [0.2, 0.25) is 0 Å². The summed E-state index contributed by atoms with van der Waals surface area (Å²) in [7, 11) is 0.